The number of benzene rings is 3. The molecule has 0 saturated heterocycles. The van der Waals surface area contributed by atoms with Crippen molar-refractivity contribution in [3.05, 3.63) is 81.5 Å². The molecule has 112 valence electrons. The van der Waals surface area contributed by atoms with Crippen molar-refractivity contribution in [1.29, 1.82) is 0 Å². The molecule has 0 radical (unpaired) electrons. The molecule has 0 amide bonds. The first-order valence-electron chi connectivity index (χ1n) is 7.45. The average Bonchev–Trinajstić information content (AvgIpc) is 2.55. The second kappa shape index (κ2) is 5.25. The molecule has 0 aliphatic heterocycles. The second-order valence-corrected chi connectivity index (χ2v) is 6.12. The first-order valence-corrected chi connectivity index (χ1v) is 7.83. The third-order valence-corrected chi connectivity index (χ3v) is 4.46. The van der Waals surface area contributed by atoms with Crippen molar-refractivity contribution < 1.29 is 0 Å². The van der Waals surface area contributed by atoms with E-state index in [4.69, 9.17) is 11.6 Å². The molecular weight excluding hydrogens is 306 g/mol. The number of rotatable bonds is 1. The number of fused-ring (bicyclic) bond motifs is 2. The highest BCUT2D eigenvalue weighted by molar-refractivity contribution is 6.35. The third-order valence-electron chi connectivity index (χ3n) is 4.14. The van der Waals surface area contributed by atoms with Gasteiger partial charge in [-0.15, -0.1) is 0 Å². The lowest BCUT2D eigenvalue weighted by Crippen LogP contribution is -2.05. The normalized spacial score (nSPS) is 11.2. The van der Waals surface area contributed by atoms with Crippen LogP contribution in [0, 0.1) is 6.92 Å². The van der Waals surface area contributed by atoms with Gasteiger partial charge >= 0.3 is 0 Å². The number of pyridine rings is 1. The lowest BCUT2D eigenvalue weighted by molar-refractivity contribution is 1.43. The maximum Gasteiger partial charge on any atom is 0.197 e. The summed E-state index contributed by atoms with van der Waals surface area (Å²) in [5.41, 5.74) is 4.61. The highest BCUT2D eigenvalue weighted by atomic mass is 35.5. The predicted octanol–water partition coefficient (Wildman–Crippen LogP) is 5.31. The standard InChI is InChI=1S/C20H14ClNO/c1-12-7-8-14-17(11-12)22-19-15(20(14)23)9-10-16(21)18(19)13-5-3-2-4-6-13/h2-11H,1H3,(H,22,23). The molecule has 0 aliphatic rings. The minimum absolute atomic E-state index is 0.0302. The molecule has 1 aromatic heterocycles. The van der Waals surface area contributed by atoms with E-state index >= 15 is 0 Å². The van der Waals surface area contributed by atoms with Crippen LogP contribution in [-0.2, 0) is 0 Å². The smallest absolute Gasteiger partial charge is 0.197 e. The topological polar surface area (TPSA) is 32.9 Å². The summed E-state index contributed by atoms with van der Waals surface area (Å²) in [6.45, 7) is 2.01. The Hall–Kier alpha value is -2.58. The summed E-state index contributed by atoms with van der Waals surface area (Å²) >= 11 is 6.45. The Morgan fingerprint density at radius 3 is 2.43 bits per heavy atom. The van der Waals surface area contributed by atoms with Gasteiger partial charge in [0.15, 0.2) is 5.43 Å². The Balaban J connectivity index is 2.21. The van der Waals surface area contributed by atoms with Crippen molar-refractivity contribution in [3.63, 3.8) is 0 Å². The van der Waals surface area contributed by atoms with Crippen LogP contribution in [0.4, 0.5) is 0 Å². The van der Waals surface area contributed by atoms with E-state index in [-0.39, 0.29) is 5.43 Å². The zero-order valence-electron chi connectivity index (χ0n) is 12.6. The van der Waals surface area contributed by atoms with Crippen LogP contribution >= 0.6 is 11.6 Å². The number of aryl methyl sites for hydroxylation is 1. The van der Waals surface area contributed by atoms with Gasteiger partial charge in [-0.3, -0.25) is 4.79 Å². The molecule has 1 N–H and O–H groups in total. The van der Waals surface area contributed by atoms with Gasteiger partial charge in [0.1, 0.15) is 0 Å². The van der Waals surface area contributed by atoms with Crippen LogP contribution in [0.2, 0.25) is 5.02 Å². The minimum atomic E-state index is 0.0302. The summed E-state index contributed by atoms with van der Waals surface area (Å²) in [6.07, 6.45) is 0. The van der Waals surface area contributed by atoms with E-state index in [1.807, 2.05) is 55.5 Å². The molecule has 2 nitrogen and oxygen atoms in total. The summed E-state index contributed by atoms with van der Waals surface area (Å²) in [5.74, 6) is 0. The number of aromatic amines is 1. The lowest BCUT2D eigenvalue weighted by atomic mass is 10.00. The van der Waals surface area contributed by atoms with Crippen molar-refractivity contribution in [2.45, 2.75) is 6.92 Å². The summed E-state index contributed by atoms with van der Waals surface area (Å²) in [5, 5.41) is 1.99. The Morgan fingerprint density at radius 1 is 0.913 bits per heavy atom. The Bertz CT molecular complexity index is 1100. The predicted molar refractivity (Wildman–Crippen MR) is 97.3 cm³/mol. The molecule has 0 bridgehead atoms. The van der Waals surface area contributed by atoms with Gasteiger partial charge in [0.2, 0.25) is 0 Å². The van der Waals surface area contributed by atoms with E-state index in [1.54, 1.807) is 12.1 Å². The molecule has 0 atom stereocenters. The van der Waals surface area contributed by atoms with Gasteiger partial charge in [-0.1, -0.05) is 48.0 Å². The first kappa shape index (κ1) is 14.0. The molecular formula is C20H14ClNO. The second-order valence-electron chi connectivity index (χ2n) is 5.71. The van der Waals surface area contributed by atoms with Gasteiger partial charge in [0, 0.05) is 16.3 Å². The molecule has 0 spiro atoms. The van der Waals surface area contributed by atoms with Crippen molar-refractivity contribution in [2.75, 3.05) is 0 Å². The quantitative estimate of drug-likeness (QED) is 0.474. The monoisotopic (exact) mass is 319 g/mol. The van der Waals surface area contributed by atoms with Crippen LogP contribution in [0.5, 0.6) is 0 Å². The van der Waals surface area contributed by atoms with Gasteiger partial charge in [-0.25, -0.2) is 0 Å². The van der Waals surface area contributed by atoms with Crippen molar-refractivity contribution in [1.82, 2.24) is 4.98 Å². The number of hydrogen-bond acceptors (Lipinski definition) is 1. The molecule has 3 heteroatoms. The molecule has 0 unspecified atom stereocenters. The molecule has 0 aliphatic carbocycles. The summed E-state index contributed by atoms with van der Waals surface area (Å²) < 4.78 is 0. The van der Waals surface area contributed by atoms with Crippen molar-refractivity contribution in [3.8, 4) is 11.1 Å². The van der Waals surface area contributed by atoms with Crippen LogP contribution in [-0.4, -0.2) is 4.98 Å². The van der Waals surface area contributed by atoms with Crippen LogP contribution in [0.3, 0.4) is 0 Å². The highest BCUT2D eigenvalue weighted by Crippen LogP contribution is 2.34. The van der Waals surface area contributed by atoms with Gasteiger partial charge < -0.3 is 4.98 Å². The maximum atomic E-state index is 12.8. The highest BCUT2D eigenvalue weighted by Gasteiger charge is 2.13. The fourth-order valence-corrected chi connectivity index (χ4v) is 3.29. The van der Waals surface area contributed by atoms with Crippen molar-refractivity contribution in [2.24, 2.45) is 0 Å². The van der Waals surface area contributed by atoms with Crippen LogP contribution in [0.25, 0.3) is 32.9 Å². The fraction of sp³-hybridized carbons (Fsp3) is 0.0500. The van der Waals surface area contributed by atoms with Gasteiger partial charge in [0.05, 0.1) is 16.1 Å². The number of hydrogen-bond donors (Lipinski definition) is 1. The first-order chi connectivity index (χ1) is 11.1. The Kier molecular flexibility index (Phi) is 3.21. The zero-order valence-corrected chi connectivity index (χ0v) is 13.3. The van der Waals surface area contributed by atoms with Gasteiger partial charge in [-0.05, 0) is 42.3 Å². The SMILES string of the molecule is Cc1ccc2c(=O)c3ccc(Cl)c(-c4ccccc4)c3[nH]c2c1. The molecule has 0 fully saturated rings. The molecule has 0 saturated carbocycles. The summed E-state index contributed by atoms with van der Waals surface area (Å²) in [7, 11) is 0. The molecule has 4 aromatic rings. The Morgan fingerprint density at radius 2 is 1.65 bits per heavy atom. The molecule has 23 heavy (non-hydrogen) atoms. The van der Waals surface area contributed by atoms with E-state index in [2.05, 4.69) is 4.98 Å². The van der Waals surface area contributed by atoms with E-state index in [0.29, 0.717) is 15.8 Å². The number of nitrogens with one attached hydrogen (secondary N) is 1. The van der Waals surface area contributed by atoms with E-state index in [9.17, 15) is 4.79 Å². The fourth-order valence-electron chi connectivity index (χ4n) is 3.02. The van der Waals surface area contributed by atoms with E-state index in [0.717, 1.165) is 27.7 Å². The van der Waals surface area contributed by atoms with E-state index in [1.165, 1.54) is 0 Å². The zero-order chi connectivity index (χ0) is 16.0. The van der Waals surface area contributed by atoms with Gasteiger partial charge in [-0.2, -0.15) is 0 Å². The number of halogens is 1. The van der Waals surface area contributed by atoms with Crippen LogP contribution < -0.4 is 5.43 Å². The largest absolute Gasteiger partial charge is 0.354 e. The minimum Gasteiger partial charge on any atom is -0.354 e. The van der Waals surface area contributed by atoms with Crippen LogP contribution in [0.15, 0.2) is 65.5 Å². The molecule has 1 heterocycles. The van der Waals surface area contributed by atoms with E-state index < -0.39 is 0 Å². The summed E-state index contributed by atoms with van der Waals surface area (Å²) in [4.78, 5) is 16.2. The maximum absolute atomic E-state index is 12.8. The van der Waals surface area contributed by atoms with Crippen molar-refractivity contribution >= 4 is 33.4 Å². The third kappa shape index (κ3) is 2.23. The lowest BCUT2D eigenvalue weighted by Gasteiger charge is -2.11. The number of H-pyrrole nitrogens is 1. The molecule has 3 aromatic carbocycles. The average molecular weight is 320 g/mol. The van der Waals surface area contributed by atoms with Crippen LogP contribution in [0.1, 0.15) is 5.56 Å². The molecule has 4 rings (SSSR count). The number of aromatic nitrogens is 1. The summed E-state index contributed by atoms with van der Waals surface area (Å²) in [6, 6.07) is 19.3. The van der Waals surface area contributed by atoms with Gasteiger partial charge in [0.25, 0.3) is 0 Å². The Labute approximate surface area is 138 Å².